The zero-order valence-corrected chi connectivity index (χ0v) is 16.0. The molecule has 29 heavy (non-hydrogen) atoms. The van der Waals surface area contributed by atoms with Gasteiger partial charge in [0, 0.05) is 19.3 Å². The number of aryl methyl sites for hydroxylation is 1. The molecule has 0 radical (unpaired) electrons. The fourth-order valence-electron chi connectivity index (χ4n) is 3.23. The summed E-state index contributed by atoms with van der Waals surface area (Å²) in [5.74, 6) is 1.27. The Bertz CT molecular complexity index is 1180. The molecule has 8 nitrogen and oxygen atoms in total. The van der Waals surface area contributed by atoms with Crippen molar-refractivity contribution in [3.63, 3.8) is 0 Å². The molecule has 5 rings (SSSR count). The molecule has 0 atom stereocenters. The number of hydrogen-bond acceptors (Lipinski definition) is 7. The highest BCUT2D eigenvalue weighted by Crippen LogP contribution is 2.26. The number of hydrogen-bond donors (Lipinski definition) is 1. The highest BCUT2D eigenvalue weighted by Gasteiger charge is 2.21. The molecule has 1 fully saturated rings. The summed E-state index contributed by atoms with van der Waals surface area (Å²) in [5, 5.41) is 4.38. The molecule has 0 unspecified atom stereocenters. The number of imidazole rings is 1. The molecule has 0 spiro atoms. The molecule has 4 heterocycles. The Morgan fingerprint density at radius 2 is 2.07 bits per heavy atom. The quantitative estimate of drug-likeness (QED) is 0.420. The smallest absolute Gasteiger partial charge is 0.229 e. The predicted octanol–water partition coefficient (Wildman–Crippen LogP) is 3.18. The second-order valence-electron chi connectivity index (χ2n) is 6.99. The van der Waals surface area contributed by atoms with Crippen molar-refractivity contribution in [1.82, 2.24) is 24.5 Å². The topological polar surface area (TPSA) is 84.1 Å². The lowest BCUT2D eigenvalue weighted by molar-refractivity contribution is 0.601. The van der Waals surface area contributed by atoms with E-state index >= 15 is 0 Å². The molecule has 1 aromatic carbocycles. The molecule has 8 heteroatoms. The number of pyridine rings is 1. The highest BCUT2D eigenvalue weighted by molar-refractivity contribution is 5.87. The Balaban J connectivity index is 1.54. The van der Waals surface area contributed by atoms with E-state index in [1.54, 1.807) is 24.9 Å². The van der Waals surface area contributed by atoms with E-state index in [2.05, 4.69) is 49.4 Å². The molecule has 144 valence electrons. The van der Waals surface area contributed by atoms with Gasteiger partial charge in [-0.3, -0.25) is 15.0 Å². The molecule has 1 aliphatic heterocycles. The van der Waals surface area contributed by atoms with E-state index in [1.807, 2.05) is 28.8 Å². The summed E-state index contributed by atoms with van der Waals surface area (Å²) in [4.78, 5) is 20.3. The number of aromatic nitrogens is 5. The summed E-state index contributed by atoms with van der Waals surface area (Å²) in [6.45, 7) is 3.97. The lowest BCUT2D eigenvalue weighted by Crippen LogP contribution is -2.38. The number of anilines is 2. The predicted molar refractivity (Wildman–Crippen MR) is 114 cm³/mol. The zero-order valence-electron chi connectivity index (χ0n) is 16.0. The minimum Gasteiger partial charge on any atom is -0.341 e. The van der Waals surface area contributed by atoms with Crippen LogP contribution in [0, 0.1) is 6.92 Å². The number of fused-ring (bicyclic) bond motifs is 1. The van der Waals surface area contributed by atoms with Gasteiger partial charge in [-0.15, -0.1) is 0 Å². The standard InChI is InChI=1S/C21H20N8/c1-15-5-2-6-16(11-15)12-24-27-19-18-20(26-21(25-19)28-9-4-10-28)29(14-23-18)17-7-3-8-22-13-17/h2-3,5-8,11-14H,4,9-10H2,1H3,(H,25,26,27)/b24-12+. The van der Waals surface area contributed by atoms with Gasteiger partial charge in [0.05, 0.1) is 18.1 Å². The summed E-state index contributed by atoms with van der Waals surface area (Å²) >= 11 is 0. The van der Waals surface area contributed by atoms with Gasteiger partial charge >= 0.3 is 0 Å². The highest BCUT2D eigenvalue weighted by atomic mass is 15.4. The van der Waals surface area contributed by atoms with Gasteiger partial charge in [-0.1, -0.05) is 29.8 Å². The molecule has 1 N–H and O–H groups in total. The van der Waals surface area contributed by atoms with Crippen LogP contribution in [0.2, 0.25) is 0 Å². The number of benzene rings is 1. The summed E-state index contributed by atoms with van der Waals surface area (Å²) in [7, 11) is 0. The molecule has 0 amide bonds. The molecule has 1 saturated heterocycles. The van der Waals surface area contributed by atoms with Gasteiger partial charge in [0.25, 0.3) is 0 Å². The molecule has 3 aromatic heterocycles. The Morgan fingerprint density at radius 3 is 2.83 bits per heavy atom. The summed E-state index contributed by atoms with van der Waals surface area (Å²) in [6.07, 6.45) is 8.21. The Kier molecular flexibility index (Phi) is 4.36. The van der Waals surface area contributed by atoms with Crippen LogP contribution in [-0.4, -0.2) is 43.8 Å². The second kappa shape index (κ2) is 7.31. The van der Waals surface area contributed by atoms with Gasteiger partial charge < -0.3 is 4.90 Å². The maximum Gasteiger partial charge on any atom is 0.229 e. The number of nitrogens with one attached hydrogen (secondary N) is 1. The van der Waals surface area contributed by atoms with E-state index < -0.39 is 0 Å². The van der Waals surface area contributed by atoms with E-state index in [4.69, 9.17) is 4.98 Å². The molecule has 0 aliphatic carbocycles. The molecular formula is C21H20N8. The normalized spacial score (nSPS) is 13.8. The van der Waals surface area contributed by atoms with Crippen LogP contribution in [0.3, 0.4) is 0 Å². The number of rotatable bonds is 5. The second-order valence-corrected chi connectivity index (χ2v) is 6.99. The van der Waals surface area contributed by atoms with E-state index in [9.17, 15) is 0 Å². The zero-order chi connectivity index (χ0) is 19.6. The average Bonchev–Trinajstić information content (AvgIpc) is 3.12. The SMILES string of the molecule is Cc1cccc(/C=N/Nc2nc(N3CCC3)nc3c2ncn3-c2cccnc2)c1. The lowest BCUT2D eigenvalue weighted by atomic mass is 10.2. The van der Waals surface area contributed by atoms with Crippen LogP contribution in [0.4, 0.5) is 11.8 Å². The van der Waals surface area contributed by atoms with Crippen molar-refractivity contribution in [2.45, 2.75) is 13.3 Å². The minimum atomic E-state index is 0.587. The van der Waals surface area contributed by atoms with Crippen molar-refractivity contribution < 1.29 is 0 Å². The van der Waals surface area contributed by atoms with Gasteiger partial charge in [0.2, 0.25) is 5.95 Å². The molecule has 0 saturated carbocycles. The Hall–Kier alpha value is -3.81. The maximum absolute atomic E-state index is 4.77. The summed E-state index contributed by atoms with van der Waals surface area (Å²) < 4.78 is 1.92. The first-order valence-corrected chi connectivity index (χ1v) is 9.54. The van der Waals surface area contributed by atoms with Crippen LogP contribution in [-0.2, 0) is 0 Å². The summed E-state index contributed by atoms with van der Waals surface area (Å²) in [5.41, 5.74) is 7.56. The van der Waals surface area contributed by atoms with Crippen molar-refractivity contribution in [1.29, 1.82) is 0 Å². The third kappa shape index (κ3) is 3.40. The van der Waals surface area contributed by atoms with Gasteiger partial charge in [-0.2, -0.15) is 15.1 Å². The Morgan fingerprint density at radius 1 is 1.14 bits per heavy atom. The monoisotopic (exact) mass is 384 g/mol. The fraction of sp³-hybridized carbons (Fsp3) is 0.190. The van der Waals surface area contributed by atoms with Crippen molar-refractivity contribution in [3.8, 4) is 5.69 Å². The average molecular weight is 384 g/mol. The van der Waals surface area contributed by atoms with Crippen LogP contribution in [0.15, 0.2) is 60.2 Å². The van der Waals surface area contributed by atoms with Crippen molar-refractivity contribution in [3.05, 3.63) is 66.2 Å². The number of hydrazone groups is 1. The van der Waals surface area contributed by atoms with Crippen molar-refractivity contribution in [2.24, 2.45) is 5.10 Å². The third-order valence-electron chi connectivity index (χ3n) is 4.87. The molecule has 4 aromatic rings. The van der Waals surface area contributed by atoms with Gasteiger partial charge in [0.1, 0.15) is 6.33 Å². The van der Waals surface area contributed by atoms with Gasteiger partial charge in [-0.05, 0) is 31.0 Å². The van der Waals surface area contributed by atoms with E-state index in [-0.39, 0.29) is 0 Å². The third-order valence-corrected chi connectivity index (χ3v) is 4.87. The fourth-order valence-corrected chi connectivity index (χ4v) is 3.23. The van der Waals surface area contributed by atoms with Gasteiger partial charge in [-0.25, -0.2) is 4.98 Å². The van der Waals surface area contributed by atoms with Gasteiger partial charge in [0.15, 0.2) is 17.0 Å². The first-order chi connectivity index (χ1) is 14.3. The van der Waals surface area contributed by atoms with Crippen molar-refractivity contribution in [2.75, 3.05) is 23.4 Å². The van der Waals surface area contributed by atoms with Crippen LogP contribution < -0.4 is 10.3 Å². The van der Waals surface area contributed by atoms with Crippen LogP contribution in [0.25, 0.3) is 16.9 Å². The lowest BCUT2D eigenvalue weighted by Gasteiger charge is -2.30. The largest absolute Gasteiger partial charge is 0.341 e. The van der Waals surface area contributed by atoms with Crippen molar-refractivity contribution >= 4 is 29.1 Å². The first-order valence-electron chi connectivity index (χ1n) is 9.54. The van der Waals surface area contributed by atoms with Crippen LogP contribution >= 0.6 is 0 Å². The Labute approximate surface area is 168 Å². The molecule has 1 aliphatic rings. The maximum atomic E-state index is 4.77. The number of nitrogens with zero attached hydrogens (tertiary/aromatic N) is 7. The minimum absolute atomic E-state index is 0.587. The van der Waals surface area contributed by atoms with E-state index in [0.717, 1.165) is 36.4 Å². The van der Waals surface area contributed by atoms with Crippen LogP contribution in [0.5, 0.6) is 0 Å². The van der Waals surface area contributed by atoms with E-state index in [0.29, 0.717) is 17.3 Å². The van der Waals surface area contributed by atoms with E-state index in [1.165, 1.54) is 5.56 Å². The summed E-state index contributed by atoms with van der Waals surface area (Å²) in [6, 6.07) is 12.0. The van der Waals surface area contributed by atoms with Crippen LogP contribution in [0.1, 0.15) is 17.5 Å². The molecule has 0 bridgehead atoms. The molecular weight excluding hydrogens is 364 g/mol. The first kappa shape index (κ1) is 17.3.